The maximum absolute atomic E-state index is 14.1. The zero-order valence-electron chi connectivity index (χ0n) is 44.7. The van der Waals surface area contributed by atoms with Crippen LogP contribution in [0.4, 0.5) is 10.9 Å². The first-order valence-corrected chi connectivity index (χ1v) is 28.2. The first-order chi connectivity index (χ1) is 37.2. The van der Waals surface area contributed by atoms with E-state index in [-0.39, 0.29) is 35.6 Å². The Morgan fingerprint density at radius 1 is 0.792 bits per heavy atom. The highest BCUT2D eigenvalue weighted by Crippen LogP contribution is 2.39. The number of imide groups is 1. The first-order valence-electron chi connectivity index (χ1n) is 27.4. The van der Waals surface area contributed by atoms with Crippen molar-refractivity contribution in [2.75, 3.05) is 36.4 Å². The zero-order chi connectivity index (χ0) is 53.4. The van der Waals surface area contributed by atoms with Crippen molar-refractivity contribution in [3.05, 3.63) is 125 Å². The number of amides is 3. The third-order valence-corrected chi connectivity index (χ3v) is 16.8. The number of ether oxygens (including phenoxy) is 3. The number of anilines is 2. The summed E-state index contributed by atoms with van der Waals surface area (Å²) in [6.45, 7) is 11.8. The van der Waals surface area contributed by atoms with Crippen molar-refractivity contribution in [1.29, 1.82) is 0 Å². The van der Waals surface area contributed by atoms with E-state index in [0.717, 1.165) is 113 Å². The van der Waals surface area contributed by atoms with Crippen LogP contribution in [-0.2, 0) is 34.3 Å². The number of carbonyl (C=O) groups excluding carboxylic acids is 4. The number of hydrogen-bond donors (Lipinski definition) is 2. The van der Waals surface area contributed by atoms with Gasteiger partial charge >= 0.3 is 5.97 Å². The average Bonchev–Trinajstić information content (AvgIpc) is 4.07. The Hall–Kier alpha value is -7.17. The number of esters is 1. The monoisotopic (exact) mass is 1060 g/mol. The Labute approximate surface area is 453 Å². The second-order valence-electron chi connectivity index (χ2n) is 22.3. The highest BCUT2D eigenvalue weighted by Gasteiger charge is 2.34. The van der Waals surface area contributed by atoms with Crippen LogP contribution in [-0.4, -0.2) is 92.3 Å². The van der Waals surface area contributed by atoms with E-state index in [4.69, 9.17) is 24.3 Å². The Bertz CT molecular complexity index is 3330. The van der Waals surface area contributed by atoms with Crippen LogP contribution < -0.4 is 25.0 Å². The van der Waals surface area contributed by atoms with Gasteiger partial charge in [-0.2, -0.15) is 5.10 Å². The number of nitrogens with zero attached hydrogens (tertiary/aromatic N) is 6. The molecule has 3 amide bonds. The summed E-state index contributed by atoms with van der Waals surface area (Å²) in [4.78, 5) is 66.8. The molecule has 0 bridgehead atoms. The van der Waals surface area contributed by atoms with E-state index in [0.29, 0.717) is 66.0 Å². The molecule has 2 saturated heterocycles. The molecule has 1 atom stereocenters. The summed E-state index contributed by atoms with van der Waals surface area (Å²) in [7, 11) is 1.89. The van der Waals surface area contributed by atoms with Gasteiger partial charge in [-0.3, -0.25) is 29.7 Å². The lowest BCUT2D eigenvalue weighted by Gasteiger charge is -2.33. The van der Waals surface area contributed by atoms with Crippen molar-refractivity contribution in [3.8, 4) is 22.6 Å². The van der Waals surface area contributed by atoms with Gasteiger partial charge in [-0.05, 0) is 169 Å². The number of hydrogen-bond acceptors (Lipinski definition) is 13. The maximum Gasteiger partial charge on any atom is 0.358 e. The fraction of sp³-hybridized carbons (Fsp3) is 0.426. The number of piperidine rings is 2. The van der Waals surface area contributed by atoms with Crippen molar-refractivity contribution in [2.45, 2.75) is 129 Å². The number of thiazole rings is 1. The summed E-state index contributed by atoms with van der Waals surface area (Å²) in [5.74, 6) is 1.25. The van der Waals surface area contributed by atoms with Crippen LogP contribution in [0.1, 0.15) is 134 Å². The lowest BCUT2D eigenvalue weighted by Crippen LogP contribution is -2.39. The molecule has 1 unspecified atom stereocenters. The number of para-hydroxylation sites is 2. The van der Waals surface area contributed by atoms with Gasteiger partial charge < -0.3 is 24.0 Å². The van der Waals surface area contributed by atoms with Crippen molar-refractivity contribution in [2.24, 2.45) is 13.0 Å². The molecule has 4 aromatic carbocycles. The van der Waals surface area contributed by atoms with Crippen molar-refractivity contribution in [3.63, 3.8) is 0 Å². The van der Waals surface area contributed by atoms with Gasteiger partial charge in [0.2, 0.25) is 11.8 Å². The van der Waals surface area contributed by atoms with Gasteiger partial charge in [-0.1, -0.05) is 59.9 Å². The molecule has 1 aliphatic carbocycles. The SMILES string of the molecule is Cc1c(O[C@H]2CC[C@H](CCCN3CCC(Oc4cccc5c(C6CCC(=O)NC6=O)nn(C)c45)CC3)CC2)cccc1-c1ccc(N2CCc3cccc(C(=O)Nc4nc5ccccc5s4)c3C2)nc1C(=O)OC(C)(C)C. The number of fused-ring (bicyclic) bond motifs is 3. The second kappa shape index (κ2) is 22.1. The highest BCUT2D eigenvalue weighted by atomic mass is 32.1. The van der Waals surface area contributed by atoms with Crippen LogP contribution in [0.25, 0.3) is 32.2 Å². The van der Waals surface area contributed by atoms with Crippen LogP contribution in [0.15, 0.2) is 91.0 Å². The molecular weight excluding hydrogens is 989 g/mol. The van der Waals surface area contributed by atoms with E-state index in [9.17, 15) is 19.2 Å². The molecule has 11 rings (SSSR count). The Kier molecular flexibility index (Phi) is 14.9. The number of likely N-dealkylation sites (tertiary alicyclic amines) is 1. The largest absolute Gasteiger partial charge is 0.490 e. The molecule has 1 saturated carbocycles. The van der Waals surface area contributed by atoms with Crippen molar-refractivity contribution in [1.82, 2.24) is 30.0 Å². The topological polar surface area (TPSA) is 170 Å². The van der Waals surface area contributed by atoms with Crippen LogP contribution in [0.5, 0.6) is 11.5 Å². The maximum atomic E-state index is 14.1. The Morgan fingerprint density at radius 3 is 2.34 bits per heavy atom. The van der Waals surface area contributed by atoms with Gasteiger partial charge in [0, 0.05) is 56.2 Å². The molecule has 400 valence electrons. The normalized spacial score (nSPS) is 19.5. The highest BCUT2D eigenvalue weighted by molar-refractivity contribution is 7.22. The van der Waals surface area contributed by atoms with Crippen molar-refractivity contribution < 1.29 is 33.4 Å². The van der Waals surface area contributed by atoms with E-state index in [1.54, 1.807) is 0 Å². The van der Waals surface area contributed by atoms with E-state index >= 15 is 0 Å². The van der Waals surface area contributed by atoms with Gasteiger partial charge in [-0.25, -0.2) is 14.8 Å². The molecule has 0 radical (unpaired) electrons. The third kappa shape index (κ3) is 11.5. The van der Waals surface area contributed by atoms with E-state index in [1.165, 1.54) is 24.2 Å². The van der Waals surface area contributed by atoms with Gasteiger partial charge in [0.1, 0.15) is 34.5 Å². The van der Waals surface area contributed by atoms with E-state index < -0.39 is 17.5 Å². The quantitative estimate of drug-likeness (QED) is 0.0782. The molecule has 3 fully saturated rings. The fourth-order valence-corrected chi connectivity index (χ4v) is 12.7. The van der Waals surface area contributed by atoms with E-state index in [2.05, 4.69) is 38.4 Å². The molecule has 3 aliphatic heterocycles. The lowest BCUT2D eigenvalue weighted by atomic mass is 9.84. The van der Waals surface area contributed by atoms with Gasteiger partial charge in [0.25, 0.3) is 5.91 Å². The van der Waals surface area contributed by atoms with E-state index in [1.807, 2.05) is 117 Å². The molecule has 16 heteroatoms. The number of pyridine rings is 1. The molecule has 15 nitrogen and oxygen atoms in total. The number of rotatable bonds is 14. The minimum atomic E-state index is -0.734. The van der Waals surface area contributed by atoms with Gasteiger partial charge in [-0.15, -0.1) is 0 Å². The summed E-state index contributed by atoms with van der Waals surface area (Å²) in [6, 6.07) is 29.7. The molecular formula is C61H68N8O7S. The van der Waals surface area contributed by atoms with Gasteiger partial charge in [0.15, 0.2) is 10.8 Å². The van der Waals surface area contributed by atoms with Crippen molar-refractivity contribution >= 4 is 67.1 Å². The summed E-state index contributed by atoms with van der Waals surface area (Å²) in [5, 5.41) is 11.7. The molecule has 2 N–H and O–H groups in total. The number of benzene rings is 4. The number of aryl methyl sites for hydroxylation is 1. The zero-order valence-corrected chi connectivity index (χ0v) is 45.5. The molecule has 77 heavy (non-hydrogen) atoms. The molecule has 3 aromatic heterocycles. The summed E-state index contributed by atoms with van der Waals surface area (Å²) < 4.78 is 22.3. The fourth-order valence-electron chi connectivity index (χ4n) is 11.8. The Morgan fingerprint density at radius 2 is 1.55 bits per heavy atom. The second-order valence-corrected chi connectivity index (χ2v) is 23.3. The number of carbonyl (C=O) groups is 4. The number of nitrogens with one attached hydrogen (secondary N) is 2. The van der Waals surface area contributed by atoms with Gasteiger partial charge in [0.05, 0.1) is 27.9 Å². The average molecular weight is 1060 g/mol. The summed E-state index contributed by atoms with van der Waals surface area (Å²) >= 11 is 1.45. The predicted octanol–water partition coefficient (Wildman–Crippen LogP) is 11.1. The molecule has 6 heterocycles. The lowest BCUT2D eigenvalue weighted by molar-refractivity contribution is -0.134. The number of aromatic nitrogens is 4. The van der Waals surface area contributed by atoms with Crippen LogP contribution in [0.3, 0.4) is 0 Å². The minimum absolute atomic E-state index is 0.105. The van der Waals surface area contributed by atoms with Crippen LogP contribution in [0.2, 0.25) is 0 Å². The Balaban J connectivity index is 0.686. The third-order valence-electron chi connectivity index (χ3n) is 15.8. The smallest absolute Gasteiger partial charge is 0.358 e. The molecule has 7 aromatic rings. The molecule has 4 aliphatic rings. The van der Waals surface area contributed by atoms with Crippen LogP contribution >= 0.6 is 11.3 Å². The summed E-state index contributed by atoms with van der Waals surface area (Å²) in [5.41, 5.74) is 7.08. The molecule has 0 spiro atoms. The standard InChI is InChI=1S/C61H68N8O7S/c1-37-42(43-25-27-52(63-55(43)59(73)76-61(2,3)4)69-35-29-39-13-8-15-44(47(39)36-69)57(71)65-60-62-48-17-6-7-20-51(48)77-60)14-9-18-49(37)74-40-23-21-38(22-24-40)12-11-32-68-33-30-41(31-34-68)75-50-19-10-16-45-54(66-67(5)56(45)50)46-26-28-53(70)64-58(46)72/h6-10,13-20,25,27,38,40-41,46H,11-12,21-24,26,28-36H2,1-5H3,(H,62,65,71)(H,64,70,72)/t38-,40-,46?. The first kappa shape index (κ1) is 51.9. The minimum Gasteiger partial charge on any atom is -0.490 e. The summed E-state index contributed by atoms with van der Waals surface area (Å²) in [6.07, 6.45) is 10.2. The van der Waals surface area contributed by atoms with Crippen LogP contribution in [0, 0.1) is 12.8 Å². The predicted molar refractivity (Wildman–Crippen MR) is 300 cm³/mol.